The van der Waals surface area contributed by atoms with Crippen molar-refractivity contribution in [2.24, 2.45) is 0 Å². The molecule has 5 nitrogen and oxygen atoms in total. The monoisotopic (exact) mass is 393 g/mol. The van der Waals surface area contributed by atoms with E-state index in [2.05, 4.69) is 12.2 Å². The summed E-state index contributed by atoms with van der Waals surface area (Å²) in [5, 5.41) is 26.8. The number of aryl methyl sites for hydroxylation is 1. The molecule has 0 bridgehead atoms. The molecule has 3 aromatic carbocycles. The van der Waals surface area contributed by atoms with E-state index in [9.17, 15) is 10.2 Å². The van der Waals surface area contributed by atoms with Gasteiger partial charge in [-0.25, -0.2) is 0 Å². The first-order valence-corrected chi connectivity index (χ1v) is 9.83. The first kappa shape index (κ1) is 19.6. The number of methoxy groups -OCH3 is 2. The summed E-state index contributed by atoms with van der Waals surface area (Å²) in [7, 11) is 3.23. The average Bonchev–Trinajstić information content (AvgIpc) is 2.70. The van der Waals surface area contributed by atoms with E-state index >= 15 is 0 Å². The highest BCUT2D eigenvalue weighted by Crippen LogP contribution is 2.48. The Hall–Kier alpha value is -2.76. The van der Waals surface area contributed by atoms with Crippen molar-refractivity contribution in [2.45, 2.75) is 39.0 Å². The number of ether oxygens (including phenoxy) is 2. The van der Waals surface area contributed by atoms with Crippen molar-refractivity contribution >= 4 is 10.8 Å². The molecule has 3 aromatic rings. The Morgan fingerprint density at radius 1 is 0.966 bits per heavy atom. The molecule has 0 fully saturated rings. The Kier molecular flexibility index (Phi) is 4.89. The minimum Gasteiger partial charge on any atom is -0.507 e. The van der Waals surface area contributed by atoms with Gasteiger partial charge in [0.05, 0.1) is 25.7 Å². The normalized spacial score (nSPS) is 21.1. The van der Waals surface area contributed by atoms with Gasteiger partial charge in [0.25, 0.3) is 0 Å². The highest BCUT2D eigenvalue weighted by molar-refractivity contribution is 6.00. The quantitative estimate of drug-likeness (QED) is 0.605. The van der Waals surface area contributed by atoms with Gasteiger partial charge in [-0.1, -0.05) is 24.3 Å². The first-order chi connectivity index (χ1) is 13.9. The lowest BCUT2D eigenvalue weighted by Gasteiger charge is -2.35. The summed E-state index contributed by atoms with van der Waals surface area (Å²) < 4.78 is 11.3. The molecular weight excluding hydrogens is 366 g/mol. The number of aliphatic hydroxyl groups is 1. The number of phenolic OH excluding ortho intramolecular Hbond substituents is 1. The van der Waals surface area contributed by atoms with Gasteiger partial charge in [0.2, 0.25) is 0 Å². The smallest absolute Gasteiger partial charge is 0.135 e. The molecule has 152 valence electrons. The number of benzene rings is 3. The Labute approximate surface area is 170 Å². The van der Waals surface area contributed by atoms with Gasteiger partial charge in [-0.15, -0.1) is 0 Å². The number of fused-ring (bicyclic) bond motifs is 2. The largest absolute Gasteiger partial charge is 0.507 e. The number of hydrogen-bond donors (Lipinski definition) is 3. The molecule has 1 aliphatic heterocycles. The Morgan fingerprint density at radius 3 is 2.38 bits per heavy atom. The highest BCUT2D eigenvalue weighted by atomic mass is 16.5. The number of hydrogen-bond acceptors (Lipinski definition) is 5. The third kappa shape index (κ3) is 3.02. The standard InChI is InChI=1S/C24H27NO4/c1-12-10-15-6-7-16(23(27)21(15)19(11-12)28-4)17-8-9-18-20(24(17)29-5)13(2)25-14(3)22(18)26/h6-11,13-14,22,25-27H,1-5H3. The molecule has 0 saturated carbocycles. The molecular formula is C24H27NO4. The zero-order chi connectivity index (χ0) is 20.9. The minimum atomic E-state index is -0.614. The predicted molar refractivity (Wildman–Crippen MR) is 115 cm³/mol. The van der Waals surface area contributed by atoms with E-state index in [1.165, 1.54) is 0 Å². The van der Waals surface area contributed by atoms with E-state index in [0.29, 0.717) is 22.4 Å². The van der Waals surface area contributed by atoms with Gasteiger partial charge in [0, 0.05) is 28.8 Å². The van der Waals surface area contributed by atoms with Crippen molar-refractivity contribution in [3.05, 3.63) is 53.1 Å². The third-order valence-electron chi connectivity index (χ3n) is 5.88. The molecule has 1 aliphatic rings. The van der Waals surface area contributed by atoms with Crippen molar-refractivity contribution in [3.8, 4) is 28.4 Å². The average molecular weight is 393 g/mol. The van der Waals surface area contributed by atoms with Gasteiger partial charge in [-0.2, -0.15) is 0 Å². The zero-order valence-electron chi connectivity index (χ0n) is 17.4. The van der Waals surface area contributed by atoms with Gasteiger partial charge in [0.1, 0.15) is 17.2 Å². The molecule has 0 radical (unpaired) electrons. The SMILES string of the molecule is COc1c(-c2ccc3cc(C)cc(OC)c3c2O)ccc2c1C(C)NC(C)C2O. The van der Waals surface area contributed by atoms with Crippen LogP contribution in [0.25, 0.3) is 21.9 Å². The van der Waals surface area contributed by atoms with Crippen LogP contribution >= 0.6 is 0 Å². The van der Waals surface area contributed by atoms with Crippen LogP contribution in [-0.2, 0) is 0 Å². The summed E-state index contributed by atoms with van der Waals surface area (Å²) in [5.74, 6) is 1.45. The van der Waals surface area contributed by atoms with E-state index in [4.69, 9.17) is 9.47 Å². The van der Waals surface area contributed by atoms with Crippen molar-refractivity contribution < 1.29 is 19.7 Å². The molecule has 0 aliphatic carbocycles. The molecule has 0 amide bonds. The Morgan fingerprint density at radius 2 is 1.69 bits per heavy atom. The molecule has 5 heteroatoms. The van der Waals surface area contributed by atoms with Crippen LogP contribution in [0.15, 0.2) is 36.4 Å². The van der Waals surface area contributed by atoms with Crippen molar-refractivity contribution in [2.75, 3.05) is 14.2 Å². The molecule has 0 aromatic heterocycles. The second kappa shape index (κ2) is 7.25. The number of aromatic hydroxyl groups is 1. The number of aliphatic hydroxyl groups excluding tert-OH is 1. The summed E-state index contributed by atoms with van der Waals surface area (Å²) in [5.41, 5.74) is 4.29. The van der Waals surface area contributed by atoms with E-state index in [-0.39, 0.29) is 17.8 Å². The van der Waals surface area contributed by atoms with Gasteiger partial charge in [0.15, 0.2) is 0 Å². The van der Waals surface area contributed by atoms with Gasteiger partial charge in [-0.05, 0) is 49.4 Å². The summed E-state index contributed by atoms with van der Waals surface area (Å²) in [4.78, 5) is 0. The van der Waals surface area contributed by atoms with Gasteiger partial charge >= 0.3 is 0 Å². The van der Waals surface area contributed by atoms with Gasteiger partial charge < -0.3 is 25.0 Å². The summed E-state index contributed by atoms with van der Waals surface area (Å²) in [6.07, 6.45) is -0.614. The molecule has 0 spiro atoms. The Bertz CT molecular complexity index is 1090. The maximum Gasteiger partial charge on any atom is 0.135 e. The maximum absolute atomic E-state index is 11.2. The van der Waals surface area contributed by atoms with Crippen LogP contribution in [0.3, 0.4) is 0 Å². The van der Waals surface area contributed by atoms with Crippen LogP contribution in [0.5, 0.6) is 17.2 Å². The molecule has 1 heterocycles. The van der Waals surface area contributed by atoms with Crippen molar-refractivity contribution in [3.63, 3.8) is 0 Å². The molecule has 4 rings (SSSR count). The van der Waals surface area contributed by atoms with Crippen molar-refractivity contribution in [1.29, 1.82) is 0 Å². The molecule has 3 unspecified atom stereocenters. The van der Waals surface area contributed by atoms with Crippen LogP contribution < -0.4 is 14.8 Å². The summed E-state index contributed by atoms with van der Waals surface area (Å²) in [6.45, 7) is 6.02. The fourth-order valence-electron chi connectivity index (χ4n) is 4.52. The topological polar surface area (TPSA) is 71.0 Å². The van der Waals surface area contributed by atoms with E-state index in [1.54, 1.807) is 14.2 Å². The zero-order valence-corrected chi connectivity index (χ0v) is 17.4. The minimum absolute atomic E-state index is 0.0121. The number of nitrogens with one attached hydrogen (secondary N) is 1. The van der Waals surface area contributed by atoms with Crippen LogP contribution in [0, 0.1) is 6.92 Å². The maximum atomic E-state index is 11.2. The molecule has 3 atom stereocenters. The second-order valence-electron chi connectivity index (χ2n) is 7.80. The van der Waals surface area contributed by atoms with Crippen LogP contribution in [0.1, 0.15) is 42.7 Å². The summed E-state index contributed by atoms with van der Waals surface area (Å²) >= 11 is 0. The molecule has 0 saturated heterocycles. The van der Waals surface area contributed by atoms with Crippen LogP contribution in [0.4, 0.5) is 0 Å². The number of rotatable bonds is 3. The lowest BCUT2D eigenvalue weighted by Crippen LogP contribution is -2.39. The fraction of sp³-hybridized carbons (Fsp3) is 0.333. The van der Waals surface area contributed by atoms with Gasteiger partial charge in [-0.3, -0.25) is 0 Å². The summed E-state index contributed by atoms with van der Waals surface area (Å²) in [6, 6.07) is 11.6. The second-order valence-corrected chi connectivity index (χ2v) is 7.80. The highest BCUT2D eigenvalue weighted by Gasteiger charge is 2.32. The van der Waals surface area contributed by atoms with E-state index in [0.717, 1.165) is 27.6 Å². The molecule has 3 N–H and O–H groups in total. The first-order valence-electron chi connectivity index (χ1n) is 9.83. The lowest BCUT2D eigenvalue weighted by atomic mass is 9.85. The van der Waals surface area contributed by atoms with Crippen LogP contribution in [-0.4, -0.2) is 30.5 Å². The number of phenols is 1. The fourth-order valence-corrected chi connectivity index (χ4v) is 4.52. The van der Waals surface area contributed by atoms with Crippen molar-refractivity contribution in [1.82, 2.24) is 5.32 Å². The Balaban J connectivity index is 1.99. The van der Waals surface area contributed by atoms with E-state index in [1.807, 2.05) is 50.2 Å². The van der Waals surface area contributed by atoms with E-state index < -0.39 is 6.10 Å². The lowest BCUT2D eigenvalue weighted by molar-refractivity contribution is 0.116. The third-order valence-corrected chi connectivity index (χ3v) is 5.88. The predicted octanol–water partition coefficient (Wildman–Crippen LogP) is 4.62. The van der Waals surface area contributed by atoms with Crippen LogP contribution in [0.2, 0.25) is 0 Å². The molecule has 29 heavy (non-hydrogen) atoms.